The van der Waals surface area contributed by atoms with Gasteiger partial charge in [-0.3, -0.25) is 9.59 Å². The number of hydrogen-bond donors (Lipinski definition) is 1. The highest BCUT2D eigenvalue weighted by Crippen LogP contribution is 2.19. The molecule has 0 saturated carbocycles. The lowest BCUT2D eigenvalue weighted by molar-refractivity contribution is -0.120. The molecule has 104 valence electrons. The zero-order valence-electron chi connectivity index (χ0n) is 11.4. The number of likely N-dealkylation sites (N-methyl/N-ethyl adjacent to an activating group) is 1. The van der Waals surface area contributed by atoms with E-state index in [2.05, 4.69) is 5.32 Å². The van der Waals surface area contributed by atoms with Gasteiger partial charge in [0.2, 0.25) is 5.91 Å². The molecule has 1 rings (SSSR count). The maximum Gasteiger partial charge on any atom is 0.239 e. The monoisotopic (exact) mass is 266 g/mol. The smallest absolute Gasteiger partial charge is 0.239 e. The van der Waals surface area contributed by atoms with Gasteiger partial charge in [0.1, 0.15) is 5.82 Å². The van der Waals surface area contributed by atoms with Crippen LogP contribution in [0, 0.1) is 5.82 Å². The molecule has 0 aliphatic heterocycles. The Balaban J connectivity index is 2.91. The first-order chi connectivity index (χ1) is 8.97. The molecule has 0 fully saturated rings. The van der Waals surface area contributed by atoms with Crippen molar-refractivity contribution in [2.24, 2.45) is 0 Å². The molecule has 1 aromatic carbocycles. The summed E-state index contributed by atoms with van der Waals surface area (Å²) in [4.78, 5) is 24.5. The number of nitrogens with zero attached hydrogens (tertiary/aromatic N) is 1. The van der Waals surface area contributed by atoms with Crippen LogP contribution >= 0.6 is 0 Å². The summed E-state index contributed by atoms with van der Waals surface area (Å²) in [5.74, 6) is -0.591. The van der Waals surface area contributed by atoms with E-state index < -0.39 is 5.82 Å². The number of hydrogen-bond acceptors (Lipinski definition) is 3. The zero-order valence-corrected chi connectivity index (χ0v) is 11.4. The summed E-state index contributed by atoms with van der Waals surface area (Å²) in [6, 6.07) is 4.03. The quantitative estimate of drug-likeness (QED) is 0.801. The van der Waals surface area contributed by atoms with Crippen molar-refractivity contribution < 1.29 is 14.0 Å². The molecule has 1 N–H and O–H groups in total. The van der Waals surface area contributed by atoms with E-state index in [0.717, 1.165) is 0 Å². The molecule has 4 nitrogen and oxygen atoms in total. The average molecular weight is 266 g/mol. The third kappa shape index (κ3) is 4.35. The summed E-state index contributed by atoms with van der Waals surface area (Å²) in [6.45, 7) is 6.32. The Labute approximate surface area is 112 Å². The fourth-order valence-electron chi connectivity index (χ4n) is 1.82. The normalized spacial score (nSPS) is 10.4. The third-order valence-electron chi connectivity index (χ3n) is 2.62. The van der Waals surface area contributed by atoms with Crippen molar-refractivity contribution in [3.63, 3.8) is 0 Å². The van der Waals surface area contributed by atoms with Crippen LogP contribution < -0.4 is 10.2 Å². The number of benzene rings is 1. The van der Waals surface area contributed by atoms with Gasteiger partial charge < -0.3 is 10.2 Å². The Morgan fingerprint density at radius 3 is 2.68 bits per heavy atom. The van der Waals surface area contributed by atoms with E-state index in [1.54, 1.807) is 4.90 Å². The van der Waals surface area contributed by atoms with Crippen LogP contribution in [-0.4, -0.2) is 31.3 Å². The second-order valence-electron chi connectivity index (χ2n) is 4.56. The van der Waals surface area contributed by atoms with E-state index in [9.17, 15) is 14.0 Å². The summed E-state index contributed by atoms with van der Waals surface area (Å²) in [7, 11) is 0. The van der Waals surface area contributed by atoms with E-state index in [-0.39, 0.29) is 24.1 Å². The number of rotatable bonds is 6. The number of amides is 1. The highest BCUT2D eigenvalue weighted by Gasteiger charge is 2.14. The van der Waals surface area contributed by atoms with E-state index in [1.165, 1.54) is 18.2 Å². The Hall–Kier alpha value is -1.91. The molecule has 0 radical (unpaired) electrons. The summed E-state index contributed by atoms with van der Waals surface area (Å²) < 4.78 is 13.1. The van der Waals surface area contributed by atoms with Gasteiger partial charge in [-0.1, -0.05) is 0 Å². The van der Waals surface area contributed by atoms with Gasteiger partial charge in [-0.15, -0.1) is 0 Å². The molecule has 0 aromatic heterocycles. The summed E-state index contributed by atoms with van der Waals surface area (Å²) >= 11 is 0. The van der Waals surface area contributed by atoms with Crippen molar-refractivity contribution in [1.82, 2.24) is 5.32 Å². The number of aldehydes is 1. The van der Waals surface area contributed by atoms with Crippen LogP contribution in [0.5, 0.6) is 0 Å². The lowest BCUT2D eigenvalue weighted by Crippen LogP contribution is -2.40. The summed E-state index contributed by atoms with van der Waals surface area (Å²) in [5.41, 5.74) is 0.817. The molecule has 0 heterocycles. The average Bonchev–Trinajstić information content (AvgIpc) is 2.35. The lowest BCUT2D eigenvalue weighted by atomic mass is 10.1. The second kappa shape index (κ2) is 6.87. The van der Waals surface area contributed by atoms with Gasteiger partial charge in [0.05, 0.1) is 6.54 Å². The molecule has 19 heavy (non-hydrogen) atoms. The third-order valence-corrected chi connectivity index (χ3v) is 2.62. The van der Waals surface area contributed by atoms with Crippen LogP contribution in [0.3, 0.4) is 0 Å². The number of anilines is 1. The fourth-order valence-corrected chi connectivity index (χ4v) is 1.82. The topological polar surface area (TPSA) is 49.4 Å². The molecule has 0 atom stereocenters. The minimum absolute atomic E-state index is 0.0602. The van der Waals surface area contributed by atoms with Gasteiger partial charge >= 0.3 is 0 Å². The number of carbonyl (C=O) groups is 2. The van der Waals surface area contributed by atoms with Crippen LogP contribution in [0.4, 0.5) is 10.1 Å². The zero-order chi connectivity index (χ0) is 14.4. The van der Waals surface area contributed by atoms with Gasteiger partial charge in [-0.25, -0.2) is 4.39 Å². The van der Waals surface area contributed by atoms with Crippen molar-refractivity contribution in [3.8, 4) is 0 Å². The minimum Gasteiger partial charge on any atom is -0.362 e. The molecule has 5 heteroatoms. The van der Waals surface area contributed by atoms with Crippen molar-refractivity contribution in [1.29, 1.82) is 0 Å². The summed E-state index contributed by atoms with van der Waals surface area (Å²) in [6.07, 6.45) is 0.599. The van der Waals surface area contributed by atoms with Gasteiger partial charge in [0.25, 0.3) is 0 Å². The van der Waals surface area contributed by atoms with Gasteiger partial charge in [0.15, 0.2) is 6.29 Å². The molecule has 0 aliphatic rings. The lowest BCUT2D eigenvalue weighted by Gasteiger charge is -2.24. The Kier molecular flexibility index (Phi) is 5.48. The molecule has 1 aromatic rings. The predicted octanol–water partition coefficient (Wildman–Crippen LogP) is 1.99. The fraction of sp³-hybridized carbons (Fsp3) is 0.429. The number of halogens is 1. The van der Waals surface area contributed by atoms with Crippen LogP contribution in [-0.2, 0) is 4.79 Å². The molecule has 0 aliphatic carbocycles. The first kappa shape index (κ1) is 15.1. The molecule has 1 amide bonds. The maximum atomic E-state index is 13.1. The first-order valence-corrected chi connectivity index (χ1v) is 6.27. The van der Waals surface area contributed by atoms with Gasteiger partial charge in [-0.05, 0) is 39.0 Å². The maximum absolute atomic E-state index is 13.1. The van der Waals surface area contributed by atoms with Crippen molar-refractivity contribution >= 4 is 17.9 Å². The first-order valence-electron chi connectivity index (χ1n) is 6.27. The Morgan fingerprint density at radius 2 is 2.16 bits per heavy atom. The molecule has 0 unspecified atom stereocenters. The summed E-state index contributed by atoms with van der Waals surface area (Å²) in [5, 5.41) is 2.78. The van der Waals surface area contributed by atoms with Crippen molar-refractivity contribution in [2.45, 2.75) is 26.8 Å². The largest absolute Gasteiger partial charge is 0.362 e. The predicted molar refractivity (Wildman–Crippen MR) is 73.0 cm³/mol. The van der Waals surface area contributed by atoms with Gasteiger partial charge in [-0.2, -0.15) is 0 Å². The van der Waals surface area contributed by atoms with E-state index in [0.29, 0.717) is 18.5 Å². The number of nitrogens with one attached hydrogen (secondary N) is 1. The molecule has 0 spiro atoms. The Bertz CT molecular complexity index is 461. The molecule has 0 bridgehead atoms. The standard InChI is InChI=1S/C14H19FN2O2/c1-4-17(8-14(19)16-10(2)3)13-6-5-12(15)7-11(13)9-18/h5-7,9-10H,4,8H2,1-3H3,(H,16,19). The van der Waals surface area contributed by atoms with Crippen LogP contribution in [0.25, 0.3) is 0 Å². The van der Waals surface area contributed by atoms with Crippen molar-refractivity contribution in [2.75, 3.05) is 18.0 Å². The van der Waals surface area contributed by atoms with Crippen molar-refractivity contribution in [3.05, 3.63) is 29.6 Å². The van der Waals surface area contributed by atoms with E-state index in [4.69, 9.17) is 0 Å². The Morgan fingerprint density at radius 1 is 1.47 bits per heavy atom. The number of carbonyl (C=O) groups excluding carboxylic acids is 2. The van der Waals surface area contributed by atoms with E-state index >= 15 is 0 Å². The highest BCUT2D eigenvalue weighted by molar-refractivity contribution is 5.87. The SMILES string of the molecule is CCN(CC(=O)NC(C)C)c1ccc(F)cc1C=O. The van der Waals surface area contributed by atoms with Gasteiger partial charge in [0, 0.05) is 23.8 Å². The molecular formula is C14H19FN2O2. The van der Waals surface area contributed by atoms with Crippen LogP contribution in [0.1, 0.15) is 31.1 Å². The highest BCUT2D eigenvalue weighted by atomic mass is 19.1. The molecular weight excluding hydrogens is 247 g/mol. The van der Waals surface area contributed by atoms with E-state index in [1.807, 2.05) is 20.8 Å². The molecule has 0 saturated heterocycles. The second-order valence-corrected chi connectivity index (χ2v) is 4.56. The van der Waals surface area contributed by atoms with Crippen LogP contribution in [0.2, 0.25) is 0 Å². The minimum atomic E-state index is -0.464. The van der Waals surface area contributed by atoms with Crippen LogP contribution in [0.15, 0.2) is 18.2 Å².